The first-order chi connectivity index (χ1) is 10.5. The van der Waals surface area contributed by atoms with Crippen LogP contribution in [0.5, 0.6) is 0 Å². The van der Waals surface area contributed by atoms with E-state index < -0.39 is 11.9 Å². The van der Waals surface area contributed by atoms with Gasteiger partial charge in [0.1, 0.15) is 0 Å². The highest BCUT2D eigenvalue weighted by Gasteiger charge is 2.21. The minimum absolute atomic E-state index is 0.0132. The summed E-state index contributed by atoms with van der Waals surface area (Å²) in [5, 5.41) is 2.61. The molecule has 0 atom stereocenters. The molecule has 0 aliphatic carbocycles. The van der Waals surface area contributed by atoms with Crippen molar-refractivity contribution in [2.75, 3.05) is 30.8 Å². The van der Waals surface area contributed by atoms with Gasteiger partial charge in [-0.05, 0) is 24.3 Å². The van der Waals surface area contributed by atoms with Crippen LogP contribution in [0.25, 0.3) is 0 Å². The summed E-state index contributed by atoms with van der Waals surface area (Å²) in [6, 6.07) is 7.07. The monoisotopic (exact) mass is 386 g/mol. The quantitative estimate of drug-likeness (QED) is 0.760. The number of carbonyl (C=O) groups is 3. The number of nitrogens with one attached hydrogen (secondary N) is 1. The van der Waals surface area contributed by atoms with Gasteiger partial charge in [-0.3, -0.25) is 14.4 Å². The normalized spacial score (nSPS) is 14.0. The Bertz CT molecular complexity index is 564. The standard InChI is InChI=1S/C14H15BrN2O4S/c15-10-1-3-11(4-2-10)16-12(18)9-21-13(19)5-6-17-7-8-22-14(17)20/h1-4H,5-9H2,(H,16,18). The second-order valence-electron chi connectivity index (χ2n) is 4.57. The number of nitrogens with zero attached hydrogens (tertiary/aromatic N) is 1. The van der Waals surface area contributed by atoms with Crippen molar-refractivity contribution >= 4 is 50.5 Å². The zero-order valence-corrected chi connectivity index (χ0v) is 14.1. The number of benzene rings is 1. The Hall–Kier alpha value is -1.54. The fourth-order valence-electron chi connectivity index (χ4n) is 1.80. The van der Waals surface area contributed by atoms with Gasteiger partial charge in [-0.2, -0.15) is 0 Å². The highest BCUT2D eigenvalue weighted by molar-refractivity contribution is 9.10. The van der Waals surface area contributed by atoms with E-state index in [1.54, 1.807) is 29.2 Å². The van der Waals surface area contributed by atoms with Crippen molar-refractivity contribution in [2.45, 2.75) is 6.42 Å². The number of carbonyl (C=O) groups excluding carboxylic acids is 3. The van der Waals surface area contributed by atoms with E-state index in [2.05, 4.69) is 21.2 Å². The number of ether oxygens (including phenoxy) is 1. The molecule has 22 heavy (non-hydrogen) atoms. The summed E-state index contributed by atoms with van der Waals surface area (Å²) in [6.45, 7) is 0.650. The maximum Gasteiger partial charge on any atom is 0.308 e. The number of rotatable bonds is 6. The van der Waals surface area contributed by atoms with Gasteiger partial charge in [0.15, 0.2) is 6.61 Å². The maximum absolute atomic E-state index is 11.6. The molecule has 0 unspecified atom stereocenters. The molecule has 2 amide bonds. The Labute approximate surface area is 140 Å². The number of anilines is 1. The van der Waals surface area contributed by atoms with Gasteiger partial charge in [-0.1, -0.05) is 27.7 Å². The molecule has 1 aromatic rings. The molecule has 6 nitrogen and oxygen atoms in total. The second-order valence-corrected chi connectivity index (χ2v) is 6.53. The lowest BCUT2D eigenvalue weighted by molar-refractivity contribution is -0.147. The van der Waals surface area contributed by atoms with E-state index in [1.165, 1.54) is 11.8 Å². The van der Waals surface area contributed by atoms with Crippen LogP contribution in [0.15, 0.2) is 28.7 Å². The highest BCUT2D eigenvalue weighted by atomic mass is 79.9. The molecule has 1 fully saturated rings. The van der Waals surface area contributed by atoms with Crippen LogP contribution in [0, 0.1) is 0 Å². The van der Waals surface area contributed by atoms with Gasteiger partial charge in [0.05, 0.1) is 6.42 Å². The zero-order valence-electron chi connectivity index (χ0n) is 11.7. The zero-order chi connectivity index (χ0) is 15.9. The van der Waals surface area contributed by atoms with Crippen molar-refractivity contribution in [3.63, 3.8) is 0 Å². The van der Waals surface area contributed by atoms with Crippen molar-refractivity contribution in [1.82, 2.24) is 4.90 Å². The van der Waals surface area contributed by atoms with Crippen LogP contribution in [0.4, 0.5) is 10.5 Å². The first kappa shape index (κ1) is 16.8. The number of thioether (sulfide) groups is 1. The van der Waals surface area contributed by atoms with Crippen LogP contribution in [-0.2, 0) is 14.3 Å². The second kappa shape index (κ2) is 8.19. The Morgan fingerprint density at radius 3 is 2.68 bits per heavy atom. The van der Waals surface area contributed by atoms with Crippen molar-refractivity contribution in [1.29, 1.82) is 0 Å². The molecule has 2 rings (SSSR count). The van der Waals surface area contributed by atoms with E-state index >= 15 is 0 Å². The Morgan fingerprint density at radius 1 is 1.32 bits per heavy atom. The van der Waals surface area contributed by atoms with Crippen LogP contribution < -0.4 is 5.32 Å². The highest BCUT2D eigenvalue weighted by Crippen LogP contribution is 2.17. The predicted molar refractivity (Wildman–Crippen MR) is 87.8 cm³/mol. The molecule has 1 N–H and O–H groups in total. The van der Waals surface area contributed by atoms with Crippen molar-refractivity contribution < 1.29 is 19.1 Å². The lowest BCUT2D eigenvalue weighted by Crippen LogP contribution is -2.27. The summed E-state index contributed by atoms with van der Waals surface area (Å²) < 4.78 is 5.80. The number of amides is 2. The Kier molecular flexibility index (Phi) is 6.26. The molecule has 1 heterocycles. The van der Waals surface area contributed by atoms with E-state index in [0.29, 0.717) is 18.8 Å². The Balaban J connectivity index is 1.66. The molecular weight excluding hydrogens is 372 g/mol. The molecule has 1 aromatic carbocycles. The summed E-state index contributed by atoms with van der Waals surface area (Å²) in [6.07, 6.45) is 0.0951. The molecule has 1 aliphatic heterocycles. The molecule has 0 spiro atoms. The third-order valence-corrected chi connectivity index (χ3v) is 4.34. The van der Waals surface area contributed by atoms with Crippen LogP contribution >= 0.6 is 27.7 Å². The van der Waals surface area contributed by atoms with E-state index in [4.69, 9.17) is 4.74 Å². The van der Waals surface area contributed by atoms with Crippen LogP contribution in [-0.4, -0.2) is 47.5 Å². The van der Waals surface area contributed by atoms with Crippen LogP contribution in [0.2, 0.25) is 0 Å². The molecule has 8 heteroatoms. The lowest BCUT2D eigenvalue weighted by atomic mass is 10.3. The van der Waals surface area contributed by atoms with Gasteiger partial charge in [0.2, 0.25) is 0 Å². The van der Waals surface area contributed by atoms with Crippen LogP contribution in [0.3, 0.4) is 0 Å². The molecule has 0 radical (unpaired) electrons. The van der Waals surface area contributed by atoms with Crippen molar-refractivity contribution in [3.8, 4) is 0 Å². The third-order valence-electron chi connectivity index (χ3n) is 2.92. The van der Waals surface area contributed by atoms with E-state index in [1.807, 2.05) is 0 Å². The summed E-state index contributed by atoms with van der Waals surface area (Å²) in [5.41, 5.74) is 0.629. The molecule has 1 aliphatic rings. The first-order valence-corrected chi connectivity index (χ1v) is 8.45. The predicted octanol–water partition coefficient (Wildman–Crippen LogP) is 2.49. The summed E-state index contributed by atoms with van der Waals surface area (Å²) in [4.78, 5) is 36.2. The van der Waals surface area contributed by atoms with Crippen molar-refractivity contribution in [2.24, 2.45) is 0 Å². The van der Waals surface area contributed by atoms with E-state index in [9.17, 15) is 14.4 Å². The topological polar surface area (TPSA) is 75.7 Å². The molecule has 1 saturated heterocycles. The first-order valence-electron chi connectivity index (χ1n) is 6.67. The fourth-order valence-corrected chi connectivity index (χ4v) is 2.92. The number of hydrogen-bond donors (Lipinski definition) is 1. The average molecular weight is 387 g/mol. The smallest absolute Gasteiger partial charge is 0.308 e. The number of esters is 1. The van der Waals surface area contributed by atoms with Gasteiger partial charge in [0.25, 0.3) is 11.1 Å². The van der Waals surface area contributed by atoms with Crippen LogP contribution in [0.1, 0.15) is 6.42 Å². The SMILES string of the molecule is O=C(COC(=O)CCN1CCSC1=O)Nc1ccc(Br)cc1. The largest absolute Gasteiger partial charge is 0.456 e. The average Bonchev–Trinajstić information content (AvgIpc) is 2.91. The van der Waals surface area contributed by atoms with Crippen molar-refractivity contribution in [3.05, 3.63) is 28.7 Å². The van der Waals surface area contributed by atoms with Gasteiger partial charge in [-0.25, -0.2) is 0 Å². The lowest BCUT2D eigenvalue weighted by Gasteiger charge is -2.13. The molecule has 0 aromatic heterocycles. The maximum atomic E-state index is 11.6. The summed E-state index contributed by atoms with van der Waals surface area (Å²) in [7, 11) is 0. The molecule has 0 saturated carbocycles. The van der Waals surface area contributed by atoms with E-state index in [0.717, 1.165) is 10.2 Å². The Morgan fingerprint density at radius 2 is 2.05 bits per heavy atom. The van der Waals surface area contributed by atoms with E-state index in [-0.39, 0.29) is 18.3 Å². The summed E-state index contributed by atoms with van der Waals surface area (Å²) >= 11 is 4.54. The minimum Gasteiger partial charge on any atom is -0.456 e. The van der Waals surface area contributed by atoms with Gasteiger partial charge < -0.3 is 15.0 Å². The summed E-state index contributed by atoms with van der Waals surface area (Å²) in [5.74, 6) is -0.136. The minimum atomic E-state index is -0.490. The third kappa shape index (κ3) is 5.34. The number of hydrogen-bond acceptors (Lipinski definition) is 5. The molecule has 118 valence electrons. The fraction of sp³-hybridized carbons (Fsp3) is 0.357. The molecule has 0 bridgehead atoms. The van der Waals surface area contributed by atoms with Gasteiger partial charge in [-0.15, -0.1) is 0 Å². The van der Waals surface area contributed by atoms with Gasteiger partial charge >= 0.3 is 5.97 Å². The molecular formula is C14H15BrN2O4S. The number of halogens is 1. The van der Waals surface area contributed by atoms with Gasteiger partial charge in [0, 0.05) is 29.0 Å².